The highest BCUT2D eigenvalue weighted by Crippen LogP contribution is 2.39. The van der Waals surface area contributed by atoms with Gasteiger partial charge in [-0.25, -0.2) is 4.79 Å². The number of amides is 1. The van der Waals surface area contributed by atoms with Crippen LogP contribution >= 0.6 is 0 Å². The molecule has 11 heteroatoms. The molecule has 4 atom stereocenters. The number of hydrogen-bond donors (Lipinski definition) is 2. The van der Waals surface area contributed by atoms with Gasteiger partial charge in [0.15, 0.2) is 5.79 Å². The first-order chi connectivity index (χ1) is 15.1. The number of carbonyl (C=O) groups excluding carboxylic acids is 1. The van der Waals surface area contributed by atoms with Crippen molar-refractivity contribution in [1.29, 1.82) is 0 Å². The SMILES string of the molecule is Cc1noc(C)c1CCC(=O)NC[C@H]1OC[C@@H](n2ccc(=O)[nH]c2=O)[C@@H]2OC(C)(C)O[C@@H]21. The molecule has 2 fully saturated rings. The van der Waals surface area contributed by atoms with Crippen molar-refractivity contribution in [2.45, 2.75) is 70.7 Å². The zero-order chi connectivity index (χ0) is 23.0. The van der Waals surface area contributed by atoms with Crippen LogP contribution in [0.3, 0.4) is 0 Å². The molecule has 0 aliphatic carbocycles. The minimum atomic E-state index is -0.876. The standard InChI is InChI=1S/C21H28N4O7/c1-11-13(12(2)32-24-11)5-6-16(26)22-9-15-19-18(30-21(3,4)31-19)14(10-29-15)25-8-7-17(27)23-20(25)28/h7-8,14-15,18-19H,5-6,9-10H2,1-4H3,(H,22,26)(H,23,27,28)/t14-,15-,18+,19-/m1/s1. The summed E-state index contributed by atoms with van der Waals surface area (Å²) < 4.78 is 24.6. The molecule has 0 unspecified atom stereocenters. The van der Waals surface area contributed by atoms with Crippen LogP contribution in [-0.2, 0) is 25.4 Å². The first-order valence-electron chi connectivity index (χ1n) is 10.6. The number of H-pyrrole nitrogens is 1. The molecule has 2 N–H and O–H groups in total. The minimum Gasteiger partial charge on any atom is -0.371 e. The molecule has 0 bridgehead atoms. The van der Waals surface area contributed by atoms with Crippen LogP contribution in [0.2, 0.25) is 0 Å². The second-order valence-electron chi connectivity index (χ2n) is 8.63. The Hall–Kier alpha value is -2.76. The van der Waals surface area contributed by atoms with Gasteiger partial charge < -0.3 is 24.1 Å². The minimum absolute atomic E-state index is 0.123. The van der Waals surface area contributed by atoms with E-state index < -0.39 is 41.4 Å². The van der Waals surface area contributed by atoms with E-state index in [-0.39, 0.29) is 19.1 Å². The Morgan fingerprint density at radius 1 is 1.28 bits per heavy atom. The van der Waals surface area contributed by atoms with Crippen molar-refractivity contribution < 1.29 is 23.5 Å². The van der Waals surface area contributed by atoms with E-state index in [0.717, 1.165) is 17.0 Å². The maximum Gasteiger partial charge on any atom is 0.328 e. The summed E-state index contributed by atoms with van der Waals surface area (Å²) in [5.41, 5.74) is 0.721. The van der Waals surface area contributed by atoms with Crippen molar-refractivity contribution in [3.05, 3.63) is 50.1 Å². The van der Waals surface area contributed by atoms with Crippen LogP contribution in [0, 0.1) is 13.8 Å². The number of nitrogens with zero attached hydrogens (tertiary/aromatic N) is 2. The largest absolute Gasteiger partial charge is 0.371 e. The number of ether oxygens (including phenoxy) is 3. The fourth-order valence-corrected chi connectivity index (χ4v) is 4.32. The second kappa shape index (κ2) is 8.64. The average molecular weight is 448 g/mol. The highest BCUT2D eigenvalue weighted by Gasteiger charge is 2.52. The summed E-state index contributed by atoms with van der Waals surface area (Å²) in [6.45, 7) is 7.67. The number of aryl methyl sites for hydroxylation is 2. The Labute approximate surface area is 184 Å². The molecule has 2 aromatic rings. The normalized spacial score (nSPS) is 26.6. The van der Waals surface area contributed by atoms with Gasteiger partial charge in [0.05, 0.1) is 18.3 Å². The van der Waals surface area contributed by atoms with Crippen LogP contribution in [0.5, 0.6) is 0 Å². The first-order valence-corrected chi connectivity index (χ1v) is 10.6. The maximum atomic E-state index is 12.4. The molecule has 32 heavy (non-hydrogen) atoms. The molecule has 2 aliphatic heterocycles. The zero-order valence-electron chi connectivity index (χ0n) is 18.5. The number of nitrogens with one attached hydrogen (secondary N) is 2. The highest BCUT2D eigenvalue weighted by atomic mass is 16.8. The van der Waals surface area contributed by atoms with Gasteiger partial charge in [0.1, 0.15) is 24.1 Å². The van der Waals surface area contributed by atoms with E-state index in [1.165, 1.54) is 16.8 Å². The third-order valence-electron chi connectivity index (χ3n) is 5.88. The van der Waals surface area contributed by atoms with Crippen molar-refractivity contribution in [3.8, 4) is 0 Å². The smallest absolute Gasteiger partial charge is 0.328 e. The van der Waals surface area contributed by atoms with E-state index in [9.17, 15) is 14.4 Å². The number of aromatic amines is 1. The predicted octanol–water partition coefficient (Wildman–Crippen LogP) is 0.350. The molecule has 2 aromatic heterocycles. The molecule has 4 rings (SSSR count). The van der Waals surface area contributed by atoms with Crippen LogP contribution < -0.4 is 16.6 Å². The fraction of sp³-hybridized carbons (Fsp3) is 0.619. The van der Waals surface area contributed by atoms with Crippen molar-refractivity contribution in [1.82, 2.24) is 20.0 Å². The van der Waals surface area contributed by atoms with E-state index >= 15 is 0 Å². The Balaban J connectivity index is 1.41. The number of hydrogen-bond acceptors (Lipinski definition) is 8. The van der Waals surface area contributed by atoms with Crippen LogP contribution in [0.25, 0.3) is 0 Å². The zero-order valence-corrected chi connectivity index (χ0v) is 18.5. The quantitative estimate of drug-likeness (QED) is 0.646. The summed E-state index contributed by atoms with van der Waals surface area (Å²) in [5, 5.41) is 6.81. The first kappa shape index (κ1) is 22.4. The Kier molecular flexibility index (Phi) is 6.06. The Morgan fingerprint density at radius 3 is 2.72 bits per heavy atom. The lowest BCUT2D eigenvalue weighted by Crippen LogP contribution is -2.54. The second-order valence-corrected chi connectivity index (χ2v) is 8.63. The molecule has 2 saturated heterocycles. The highest BCUT2D eigenvalue weighted by molar-refractivity contribution is 5.76. The lowest BCUT2D eigenvalue weighted by molar-refractivity contribution is -0.153. The van der Waals surface area contributed by atoms with Crippen LogP contribution in [0.1, 0.15) is 43.3 Å². The topological polar surface area (TPSA) is 138 Å². The van der Waals surface area contributed by atoms with E-state index in [0.29, 0.717) is 12.8 Å². The maximum absolute atomic E-state index is 12.4. The lowest BCUT2D eigenvalue weighted by atomic mass is 9.97. The third-order valence-corrected chi connectivity index (χ3v) is 5.88. The van der Waals surface area contributed by atoms with Crippen LogP contribution in [0.4, 0.5) is 0 Å². The van der Waals surface area contributed by atoms with E-state index in [4.69, 9.17) is 18.7 Å². The summed E-state index contributed by atoms with van der Waals surface area (Å²) in [7, 11) is 0. The summed E-state index contributed by atoms with van der Waals surface area (Å²) in [4.78, 5) is 38.4. The van der Waals surface area contributed by atoms with Gasteiger partial charge >= 0.3 is 5.69 Å². The molecule has 0 radical (unpaired) electrons. The van der Waals surface area contributed by atoms with Gasteiger partial charge in [-0.3, -0.25) is 19.1 Å². The van der Waals surface area contributed by atoms with E-state index in [1.807, 2.05) is 13.8 Å². The van der Waals surface area contributed by atoms with E-state index in [2.05, 4.69) is 15.5 Å². The van der Waals surface area contributed by atoms with Crippen LogP contribution in [-0.4, -0.2) is 57.9 Å². The number of carbonyl (C=O) groups is 1. The fourth-order valence-electron chi connectivity index (χ4n) is 4.32. The van der Waals surface area contributed by atoms with Gasteiger partial charge in [0.2, 0.25) is 5.91 Å². The molecule has 4 heterocycles. The molecule has 11 nitrogen and oxygen atoms in total. The number of rotatable bonds is 6. The monoisotopic (exact) mass is 448 g/mol. The summed E-state index contributed by atoms with van der Waals surface area (Å²) in [6, 6.07) is 0.806. The van der Waals surface area contributed by atoms with Crippen LogP contribution in [0.15, 0.2) is 26.4 Å². The van der Waals surface area contributed by atoms with Crippen molar-refractivity contribution in [3.63, 3.8) is 0 Å². The number of aromatic nitrogens is 3. The average Bonchev–Trinajstić information content (AvgIpc) is 3.22. The molecular formula is C21H28N4O7. The van der Waals surface area contributed by atoms with Gasteiger partial charge in [0.25, 0.3) is 5.56 Å². The van der Waals surface area contributed by atoms with Crippen molar-refractivity contribution >= 4 is 5.91 Å². The summed E-state index contributed by atoms with van der Waals surface area (Å²) >= 11 is 0. The van der Waals surface area contributed by atoms with Crippen molar-refractivity contribution in [2.75, 3.05) is 13.2 Å². The predicted molar refractivity (Wildman–Crippen MR) is 111 cm³/mol. The van der Waals surface area contributed by atoms with Gasteiger partial charge in [-0.05, 0) is 34.1 Å². The van der Waals surface area contributed by atoms with Gasteiger partial charge in [-0.2, -0.15) is 0 Å². The molecular weight excluding hydrogens is 420 g/mol. The molecule has 0 spiro atoms. The molecule has 2 aliphatic rings. The molecule has 174 valence electrons. The number of fused-ring (bicyclic) bond motifs is 1. The molecule has 0 saturated carbocycles. The van der Waals surface area contributed by atoms with E-state index in [1.54, 1.807) is 13.8 Å². The van der Waals surface area contributed by atoms with Crippen molar-refractivity contribution in [2.24, 2.45) is 0 Å². The molecule has 1 amide bonds. The van der Waals surface area contributed by atoms with Gasteiger partial charge in [0, 0.05) is 30.8 Å². The summed E-state index contributed by atoms with van der Waals surface area (Å²) in [5.74, 6) is -0.281. The Morgan fingerprint density at radius 2 is 2.03 bits per heavy atom. The third kappa shape index (κ3) is 4.54. The Bertz CT molecular complexity index is 1080. The van der Waals surface area contributed by atoms with Gasteiger partial charge in [-0.1, -0.05) is 5.16 Å². The van der Waals surface area contributed by atoms with Gasteiger partial charge in [-0.15, -0.1) is 0 Å². The summed E-state index contributed by atoms with van der Waals surface area (Å²) in [6.07, 6.45) is 0.838. The molecule has 0 aromatic carbocycles. The lowest BCUT2D eigenvalue weighted by Gasteiger charge is -2.37.